The van der Waals surface area contributed by atoms with Gasteiger partial charge >= 0.3 is 0 Å². The van der Waals surface area contributed by atoms with Gasteiger partial charge in [-0.05, 0) is 99.5 Å². The quantitative estimate of drug-likeness (QED) is 0.175. The van der Waals surface area contributed by atoms with Crippen LogP contribution in [0.5, 0.6) is 23.0 Å². The van der Waals surface area contributed by atoms with Crippen molar-refractivity contribution >= 4 is 36.6 Å². The van der Waals surface area contributed by atoms with Gasteiger partial charge in [-0.15, -0.1) is 24.8 Å². The molecule has 224 valence electrons. The van der Waals surface area contributed by atoms with Gasteiger partial charge in [-0.25, -0.2) is 0 Å². The van der Waals surface area contributed by atoms with Gasteiger partial charge in [0.05, 0.1) is 28.4 Å². The zero-order valence-electron chi connectivity index (χ0n) is 24.7. The first-order chi connectivity index (χ1) is 18.1. The van der Waals surface area contributed by atoms with Gasteiger partial charge in [-0.1, -0.05) is 26.0 Å². The second kappa shape index (κ2) is 22.2. The SMILES string of the molecule is CCc1c(CCNCCCSCCCNCCc2ccc(OC)c(OC)c2CC)ccc(OC)c1OC.Cl.Cl. The Morgan fingerprint density at radius 1 is 0.590 bits per heavy atom. The standard InChI is InChI=1S/C30H48N2O4S.2ClH/c1-7-25-23(11-13-27(33-3)29(25)35-5)15-19-31-17-9-21-37-22-10-18-32-20-16-24-12-14-28(34-4)30(36-6)26(24)8-2;;/h11-14,31-32H,7-10,15-22H2,1-6H3;2*1H. The Labute approximate surface area is 253 Å². The Kier molecular flexibility index (Phi) is 21.4. The van der Waals surface area contributed by atoms with Gasteiger partial charge in [-0.2, -0.15) is 11.8 Å². The summed E-state index contributed by atoms with van der Waals surface area (Å²) >= 11 is 2.05. The van der Waals surface area contributed by atoms with E-state index in [0.29, 0.717) is 0 Å². The van der Waals surface area contributed by atoms with Crippen LogP contribution in [-0.2, 0) is 25.7 Å². The van der Waals surface area contributed by atoms with E-state index in [-0.39, 0.29) is 24.8 Å². The molecule has 0 aromatic heterocycles. The third kappa shape index (κ3) is 11.9. The zero-order valence-corrected chi connectivity index (χ0v) is 27.1. The van der Waals surface area contributed by atoms with Crippen LogP contribution in [0.15, 0.2) is 24.3 Å². The van der Waals surface area contributed by atoms with Gasteiger partial charge in [0, 0.05) is 11.1 Å². The highest BCUT2D eigenvalue weighted by atomic mass is 35.5. The number of hydrogen-bond donors (Lipinski definition) is 2. The Hall–Kier alpha value is -1.51. The van der Waals surface area contributed by atoms with E-state index < -0.39 is 0 Å². The number of methoxy groups -OCH3 is 4. The molecule has 39 heavy (non-hydrogen) atoms. The summed E-state index contributed by atoms with van der Waals surface area (Å²) in [6.07, 6.45) is 6.29. The number of nitrogens with one attached hydrogen (secondary N) is 2. The minimum Gasteiger partial charge on any atom is -0.493 e. The van der Waals surface area contributed by atoms with Gasteiger partial charge in [-0.3, -0.25) is 0 Å². The molecule has 9 heteroatoms. The van der Waals surface area contributed by atoms with Crippen LogP contribution in [0.1, 0.15) is 48.9 Å². The molecule has 0 radical (unpaired) electrons. The largest absolute Gasteiger partial charge is 0.493 e. The van der Waals surface area contributed by atoms with Crippen molar-refractivity contribution in [3.63, 3.8) is 0 Å². The zero-order chi connectivity index (χ0) is 26.9. The normalized spacial score (nSPS) is 10.4. The Morgan fingerprint density at radius 2 is 1.00 bits per heavy atom. The van der Waals surface area contributed by atoms with Crippen LogP contribution in [0.25, 0.3) is 0 Å². The van der Waals surface area contributed by atoms with Crippen LogP contribution < -0.4 is 29.6 Å². The van der Waals surface area contributed by atoms with E-state index in [9.17, 15) is 0 Å². The fraction of sp³-hybridized carbons (Fsp3) is 0.600. The molecular formula is C30H50Cl2N2O4S. The lowest BCUT2D eigenvalue weighted by atomic mass is 10.0. The molecule has 0 unspecified atom stereocenters. The van der Waals surface area contributed by atoms with Crippen LogP contribution >= 0.6 is 36.6 Å². The molecule has 2 N–H and O–H groups in total. The first kappa shape index (κ1) is 37.5. The molecule has 0 aliphatic rings. The van der Waals surface area contributed by atoms with Crippen molar-refractivity contribution in [2.75, 3.05) is 66.1 Å². The molecule has 0 bridgehead atoms. The number of ether oxygens (including phenoxy) is 4. The van der Waals surface area contributed by atoms with Crippen LogP contribution in [0.4, 0.5) is 0 Å². The van der Waals surface area contributed by atoms with Crippen molar-refractivity contribution in [3.8, 4) is 23.0 Å². The third-order valence-corrected chi connectivity index (χ3v) is 7.78. The van der Waals surface area contributed by atoms with Crippen molar-refractivity contribution in [1.82, 2.24) is 10.6 Å². The second-order valence-corrected chi connectivity index (χ2v) is 10.1. The molecule has 0 fully saturated rings. The van der Waals surface area contributed by atoms with E-state index in [2.05, 4.69) is 48.4 Å². The second-order valence-electron chi connectivity index (χ2n) is 8.90. The van der Waals surface area contributed by atoms with Gasteiger partial charge in [0.2, 0.25) is 0 Å². The first-order valence-corrected chi connectivity index (χ1v) is 14.7. The highest BCUT2D eigenvalue weighted by molar-refractivity contribution is 7.99. The first-order valence-electron chi connectivity index (χ1n) is 13.6. The summed E-state index contributed by atoms with van der Waals surface area (Å²) in [5, 5.41) is 7.19. The smallest absolute Gasteiger partial charge is 0.164 e. The number of rotatable bonds is 20. The molecule has 0 aliphatic carbocycles. The lowest BCUT2D eigenvalue weighted by molar-refractivity contribution is 0.351. The Morgan fingerprint density at radius 3 is 1.33 bits per heavy atom. The van der Waals surface area contributed by atoms with E-state index in [1.165, 1.54) is 46.6 Å². The predicted molar refractivity (Wildman–Crippen MR) is 172 cm³/mol. The minimum absolute atomic E-state index is 0. The average molecular weight is 606 g/mol. The molecule has 0 aliphatic heterocycles. The fourth-order valence-corrected chi connectivity index (χ4v) is 5.60. The van der Waals surface area contributed by atoms with Crippen LogP contribution in [0.3, 0.4) is 0 Å². The molecule has 0 atom stereocenters. The molecule has 0 amide bonds. The van der Waals surface area contributed by atoms with Gasteiger partial charge in [0.1, 0.15) is 0 Å². The van der Waals surface area contributed by atoms with E-state index in [1.54, 1.807) is 28.4 Å². The van der Waals surface area contributed by atoms with E-state index in [1.807, 2.05) is 12.1 Å². The summed E-state index contributed by atoms with van der Waals surface area (Å²) < 4.78 is 22.1. The molecule has 6 nitrogen and oxygen atoms in total. The maximum atomic E-state index is 5.60. The van der Waals surface area contributed by atoms with Crippen molar-refractivity contribution in [2.45, 2.75) is 52.4 Å². The molecule has 0 saturated heterocycles. The van der Waals surface area contributed by atoms with E-state index in [0.717, 1.165) is 74.9 Å². The van der Waals surface area contributed by atoms with E-state index >= 15 is 0 Å². The number of hydrogen-bond acceptors (Lipinski definition) is 7. The van der Waals surface area contributed by atoms with Crippen molar-refractivity contribution in [1.29, 1.82) is 0 Å². The molecule has 2 aromatic rings. The van der Waals surface area contributed by atoms with Crippen molar-refractivity contribution < 1.29 is 18.9 Å². The third-order valence-electron chi connectivity index (χ3n) is 6.62. The Bertz CT molecular complexity index is 861. The lowest BCUT2D eigenvalue weighted by Crippen LogP contribution is -2.20. The number of benzene rings is 2. The van der Waals surface area contributed by atoms with Crippen LogP contribution in [0.2, 0.25) is 0 Å². The summed E-state index contributed by atoms with van der Waals surface area (Å²) in [5.41, 5.74) is 5.18. The maximum Gasteiger partial charge on any atom is 0.164 e. The fourth-order valence-electron chi connectivity index (χ4n) is 4.70. The number of thioether (sulfide) groups is 1. The van der Waals surface area contributed by atoms with Crippen LogP contribution in [0, 0.1) is 0 Å². The maximum absolute atomic E-state index is 5.60. The predicted octanol–water partition coefficient (Wildman–Crippen LogP) is 6.17. The summed E-state index contributed by atoms with van der Waals surface area (Å²) in [6.45, 7) is 8.42. The molecule has 2 aromatic carbocycles. The lowest BCUT2D eigenvalue weighted by Gasteiger charge is -2.16. The summed E-state index contributed by atoms with van der Waals surface area (Å²) in [7, 11) is 6.82. The highest BCUT2D eigenvalue weighted by Crippen LogP contribution is 2.35. The van der Waals surface area contributed by atoms with Crippen molar-refractivity contribution in [3.05, 3.63) is 46.5 Å². The Balaban J connectivity index is 0.00000722. The van der Waals surface area contributed by atoms with Crippen molar-refractivity contribution in [2.24, 2.45) is 0 Å². The molecule has 0 spiro atoms. The molecule has 0 saturated carbocycles. The van der Waals surface area contributed by atoms with Gasteiger partial charge < -0.3 is 29.6 Å². The van der Waals surface area contributed by atoms with E-state index in [4.69, 9.17) is 18.9 Å². The molecule has 2 rings (SSSR count). The van der Waals surface area contributed by atoms with Gasteiger partial charge in [0.15, 0.2) is 23.0 Å². The summed E-state index contributed by atoms with van der Waals surface area (Å²) in [5.74, 6) is 5.78. The molecular weight excluding hydrogens is 555 g/mol. The van der Waals surface area contributed by atoms with Gasteiger partial charge in [0.25, 0.3) is 0 Å². The minimum atomic E-state index is 0. The number of halogens is 2. The topological polar surface area (TPSA) is 61.0 Å². The summed E-state index contributed by atoms with van der Waals surface area (Å²) in [6, 6.07) is 8.36. The summed E-state index contributed by atoms with van der Waals surface area (Å²) in [4.78, 5) is 0. The van der Waals surface area contributed by atoms with Crippen LogP contribution in [-0.4, -0.2) is 66.1 Å². The molecule has 0 heterocycles. The monoisotopic (exact) mass is 604 g/mol. The highest BCUT2D eigenvalue weighted by Gasteiger charge is 2.14. The average Bonchev–Trinajstić information content (AvgIpc) is 2.94.